The summed E-state index contributed by atoms with van der Waals surface area (Å²) in [6.45, 7) is 4.49. The molecule has 0 saturated carbocycles. The number of hydrogen-bond donors (Lipinski definition) is 2. The smallest absolute Gasteiger partial charge is 0.244 e. The van der Waals surface area contributed by atoms with Crippen LogP contribution in [0.4, 0.5) is 5.69 Å². The molecule has 1 aliphatic heterocycles. The van der Waals surface area contributed by atoms with Crippen LogP contribution in [0, 0.1) is 5.92 Å². The first-order valence-corrected chi connectivity index (χ1v) is 8.37. The third-order valence-electron chi connectivity index (χ3n) is 3.23. The van der Waals surface area contributed by atoms with Crippen LogP contribution in [0.15, 0.2) is 23.4 Å². The monoisotopic (exact) mass is 299 g/mol. The van der Waals surface area contributed by atoms with E-state index in [-0.39, 0.29) is 10.8 Å². The second-order valence-corrected chi connectivity index (χ2v) is 6.62. The molecule has 1 aliphatic rings. The minimum Gasteiger partial charge on any atom is -0.384 e. The number of pyridine rings is 1. The molecule has 7 heteroatoms. The molecule has 1 aromatic heterocycles. The maximum atomic E-state index is 12.3. The summed E-state index contributed by atoms with van der Waals surface area (Å²) in [5.41, 5.74) is 0.594. The maximum absolute atomic E-state index is 12.3. The van der Waals surface area contributed by atoms with E-state index in [9.17, 15) is 8.42 Å². The van der Waals surface area contributed by atoms with E-state index in [0.717, 1.165) is 19.4 Å². The summed E-state index contributed by atoms with van der Waals surface area (Å²) in [5.74, 6) is 0.258. The van der Waals surface area contributed by atoms with Gasteiger partial charge in [0.15, 0.2) is 0 Å². The first kappa shape index (κ1) is 15.2. The highest BCUT2D eigenvalue weighted by molar-refractivity contribution is 7.89. The minimum atomic E-state index is -3.54. The molecule has 20 heavy (non-hydrogen) atoms. The molecular formula is C13H21N3O3S. The summed E-state index contributed by atoms with van der Waals surface area (Å²) in [6.07, 6.45) is 4.79. The highest BCUT2D eigenvalue weighted by Gasteiger charge is 2.22. The predicted molar refractivity (Wildman–Crippen MR) is 77.1 cm³/mol. The first-order chi connectivity index (χ1) is 9.63. The van der Waals surface area contributed by atoms with Crippen LogP contribution in [-0.4, -0.2) is 39.7 Å². The number of ether oxygens (including phenoxy) is 1. The highest BCUT2D eigenvalue weighted by Crippen LogP contribution is 2.20. The molecule has 2 N–H and O–H groups in total. The van der Waals surface area contributed by atoms with Gasteiger partial charge in [0, 0.05) is 32.1 Å². The van der Waals surface area contributed by atoms with Gasteiger partial charge < -0.3 is 10.1 Å². The van der Waals surface area contributed by atoms with E-state index < -0.39 is 10.0 Å². The fraction of sp³-hybridized carbons (Fsp3) is 0.615. The highest BCUT2D eigenvalue weighted by atomic mass is 32.2. The van der Waals surface area contributed by atoms with Gasteiger partial charge in [-0.2, -0.15) is 0 Å². The van der Waals surface area contributed by atoms with E-state index in [1.807, 2.05) is 6.92 Å². The number of anilines is 1. The second-order valence-electron chi connectivity index (χ2n) is 4.88. The van der Waals surface area contributed by atoms with Crippen molar-refractivity contribution in [3.05, 3.63) is 18.5 Å². The lowest BCUT2D eigenvalue weighted by molar-refractivity contribution is 0.186. The Morgan fingerprint density at radius 1 is 1.50 bits per heavy atom. The molecule has 0 aromatic carbocycles. The lowest BCUT2D eigenvalue weighted by Gasteiger charge is -2.13. The molecule has 2 heterocycles. The standard InChI is InChI=1S/C13H21N3O3S/c1-2-5-15-12-3-6-14-9-13(12)20(17,18)16-8-11-4-7-19-10-11/h3,6,9,11,16H,2,4-5,7-8,10H2,1H3,(H,14,15). The fourth-order valence-electron chi connectivity index (χ4n) is 2.05. The summed E-state index contributed by atoms with van der Waals surface area (Å²) < 4.78 is 32.6. The van der Waals surface area contributed by atoms with Crippen molar-refractivity contribution in [3.8, 4) is 0 Å². The molecule has 112 valence electrons. The van der Waals surface area contributed by atoms with Crippen molar-refractivity contribution in [2.45, 2.75) is 24.7 Å². The van der Waals surface area contributed by atoms with Crippen molar-refractivity contribution in [1.82, 2.24) is 9.71 Å². The van der Waals surface area contributed by atoms with Gasteiger partial charge in [0.25, 0.3) is 0 Å². The van der Waals surface area contributed by atoms with E-state index in [2.05, 4.69) is 15.0 Å². The molecule has 1 unspecified atom stereocenters. The molecule has 1 saturated heterocycles. The molecule has 1 aromatic rings. The van der Waals surface area contributed by atoms with E-state index in [0.29, 0.717) is 25.4 Å². The Morgan fingerprint density at radius 3 is 3.05 bits per heavy atom. The Hall–Kier alpha value is -1.18. The van der Waals surface area contributed by atoms with Gasteiger partial charge in [0.05, 0.1) is 12.3 Å². The Morgan fingerprint density at radius 2 is 2.35 bits per heavy atom. The van der Waals surface area contributed by atoms with Gasteiger partial charge in [-0.3, -0.25) is 4.98 Å². The number of nitrogens with zero attached hydrogens (tertiary/aromatic N) is 1. The first-order valence-electron chi connectivity index (χ1n) is 6.88. The molecule has 0 bridgehead atoms. The van der Waals surface area contributed by atoms with E-state index in [1.54, 1.807) is 12.3 Å². The largest absolute Gasteiger partial charge is 0.384 e. The number of sulfonamides is 1. The van der Waals surface area contributed by atoms with Crippen molar-refractivity contribution in [3.63, 3.8) is 0 Å². The second kappa shape index (κ2) is 7.01. The SMILES string of the molecule is CCCNc1ccncc1S(=O)(=O)NCC1CCOC1. The van der Waals surface area contributed by atoms with Gasteiger partial charge in [-0.15, -0.1) is 0 Å². The molecule has 1 fully saturated rings. The van der Waals surface area contributed by atoms with Crippen LogP contribution < -0.4 is 10.0 Å². The van der Waals surface area contributed by atoms with Crippen molar-refractivity contribution in [1.29, 1.82) is 0 Å². The average Bonchev–Trinajstić information content (AvgIpc) is 2.97. The van der Waals surface area contributed by atoms with Gasteiger partial charge in [0.1, 0.15) is 4.90 Å². The third-order valence-corrected chi connectivity index (χ3v) is 4.68. The lowest BCUT2D eigenvalue weighted by atomic mass is 10.1. The van der Waals surface area contributed by atoms with Gasteiger partial charge in [-0.1, -0.05) is 6.92 Å². The summed E-state index contributed by atoms with van der Waals surface area (Å²) in [5, 5.41) is 3.11. The number of rotatable bonds is 7. The number of aromatic nitrogens is 1. The average molecular weight is 299 g/mol. The Kier molecular flexibility index (Phi) is 5.33. The maximum Gasteiger partial charge on any atom is 0.244 e. The Balaban J connectivity index is 2.07. The van der Waals surface area contributed by atoms with Crippen LogP contribution in [0.3, 0.4) is 0 Å². The Labute approximate surface area is 120 Å². The van der Waals surface area contributed by atoms with Gasteiger partial charge in [-0.25, -0.2) is 13.1 Å². The van der Waals surface area contributed by atoms with Crippen LogP contribution in [-0.2, 0) is 14.8 Å². The zero-order chi connectivity index (χ0) is 14.4. The molecule has 0 spiro atoms. The van der Waals surface area contributed by atoms with Crippen LogP contribution in [0.1, 0.15) is 19.8 Å². The van der Waals surface area contributed by atoms with Gasteiger partial charge in [0.2, 0.25) is 10.0 Å². The number of hydrogen-bond acceptors (Lipinski definition) is 5. The summed E-state index contributed by atoms with van der Waals surface area (Å²) in [6, 6.07) is 1.68. The third kappa shape index (κ3) is 3.91. The van der Waals surface area contributed by atoms with E-state index in [4.69, 9.17) is 4.74 Å². The zero-order valence-electron chi connectivity index (χ0n) is 11.6. The Bertz CT molecular complexity index is 527. The topological polar surface area (TPSA) is 80.3 Å². The van der Waals surface area contributed by atoms with E-state index in [1.165, 1.54) is 6.20 Å². The summed E-state index contributed by atoms with van der Waals surface area (Å²) in [7, 11) is -3.54. The molecule has 6 nitrogen and oxygen atoms in total. The fourth-order valence-corrected chi connectivity index (χ4v) is 3.29. The normalized spacial score (nSPS) is 19.1. The molecule has 1 atom stereocenters. The molecule has 0 aliphatic carbocycles. The minimum absolute atomic E-state index is 0.201. The van der Waals surface area contributed by atoms with Gasteiger partial charge in [-0.05, 0) is 24.8 Å². The van der Waals surface area contributed by atoms with Crippen molar-refractivity contribution >= 4 is 15.7 Å². The van der Waals surface area contributed by atoms with Gasteiger partial charge >= 0.3 is 0 Å². The molecule has 2 rings (SSSR count). The van der Waals surface area contributed by atoms with Crippen LogP contribution in [0.25, 0.3) is 0 Å². The van der Waals surface area contributed by atoms with Crippen LogP contribution in [0.5, 0.6) is 0 Å². The van der Waals surface area contributed by atoms with Crippen molar-refractivity contribution < 1.29 is 13.2 Å². The van der Waals surface area contributed by atoms with Crippen molar-refractivity contribution in [2.75, 3.05) is 31.6 Å². The lowest BCUT2D eigenvalue weighted by Crippen LogP contribution is -2.30. The molecule has 0 amide bonds. The van der Waals surface area contributed by atoms with Crippen LogP contribution in [0.2, 0.25) is 0 Å². The molecule has 0 radical (unpaired) electrons. The molecular weight excluding hydrogens is 278 g/mol. The zero-order valence-corrected chi connectivity index (χ0v) is 12.4. The predicted octanol–water partition coefficient (Wildman–Crippen LogP) is 1.22. The van der Waals surface area contributed by atoms with Crippen LogP contribution >= 0.6 is 0 Å². The van der Waals surface area contributed by atoms with Crippen molar-refractivity contribution in [2.24, 2.45) is 5.92 Å². The van der Waals surface area contributed by atoms with E-state index >= 15 is 0 Å². The quantitative estimate of drug-likeness (QED) is 0.791. The summed E-state index contributed by atoms with van der Waals surface area (Å²) >= 11 is 0. The summed E-state index contributed by atoms with van der Waals surface area (Å²) in [4.78, 5) is 4.12. The number of nitrogens with one attached hydrogen (secondary N) is 2.